The van der Waals surface area contributed by atoms with E-state index in [-0.39, 0.29) is 12.5 Å². The second kappa shape index (κ2) is 8.33. The molecule has 1 aromatic carbocycles. The van der Waals surface area contributed by atoms with Gasteiger partial charge in [-0.1, -0.05) is 61.9 Å². The Morgan fingerprint density at radius 3 is 2.50 bits per heavy atom. The third-order valence-corrected chi connectivity index (χ3v) is 4.60. The van der Waals surface area contributed by atoms with E-state index in [0.29, 0.717) is 13.1 Å². The monoisotopic (exact) mass is 301 g/mol. The molecule has 120 valence electrons. The summed E-state index contributed by atoms with van der Waals surface area (Å²) >= 11 is 0. The van der Waals surface area contributed by atoms with Crippen molar-refractivity contribution in [3.05, 3.63) is 35.9 Å². The first-order valence-corrected chi connectivity index (χ1v) is 8.32. The lowest BCUT2D eigenvalue weighted by Gasteiger charge is -2.29. The van der Waals surface area contributed by atoms with Crippen molar-refractivity contribution in [3.8, 4) is 11.8 Å². The SMILES string of the molecule is CCN(CC#C[C@@](O)(c1ccccc1)C1CCCC1)CCO. The summed E-state index contributed by atoms with van der Waals surface area (Å²) in [5.74, 6) is 6.53. The molecule has 1 aromatic rings. The number of benzene rings is 1. The zero-order chi connectivity index (χ0) is 15.8. The maximum absolute atomic E-state index is 11.3. The minimum atomic E-state index is -1.05. The average molecular weight is 301 g/mol. The summed E-state index contributed by atoms with van der Waals surface area (Å²) in [5, 5.41) is 20.3. The van der Waals surface area contributed by atoms with Crippen LogP contribution in [0.2, 0.25) is 0 Å². The molecule has 0 radical (unpaired) electrons. The van der Waals surface area contributed by atoms with Gasteiger partial charge in [0, 0.05) is 12.5 Å². The molecule has 0 bridgehead atoms. The van der Waals surface area contributed by atoms with E-state index in [0.717, 1.165) is 24.9 Å². The summed E-state index contributed by atoms with van der Waals surface area (Å²) < 4.78 is 0. The predicted molar refractivity (Wildman–Crippen MR) is 89.3 cm³/mol. The molecule has 22 heavy (non-hydrogen) atoms. The third-order valence-electron chi connectivity index (χ3n) is 4.60. The number of aliphatic hydroxyl groups is 2. The summed E-state index contributed by atoms with van der Waals surface area (Å²) in [6, 6.07) is 9.82. The molecule has 0 spiro atoms. The van der Waals surface area contributed by atoms with Crippen molar-refractivity contribution < 1.29 is 10.2 Å². The number of hydrogen-bond acceptors (Lipinski definition) is 3. The Bertz CT molecular complexity index is 499. The lowest BCUT2D eigenvalue weighted by molar-refractivity contribution is 0.0367. The summed E-state index contributed by atoms with van der Waals surface area (Å²) in [5.41, 5.74) is -0.143. The Kier molecular flexibility index (Phi) is 6.45. The van der Waals surface area contributed by atoms with Crippen LogP contribution in [0.1, 0.15) is 38.2 Å². The topological polar surface area (TPSA) is 43.7 Å². The maximum atomic E-state index is 11.3. The van der Waals surface area contributed by atoms with E-state index in [1.807, 2.05) is 30.3 Å². The van der Waals surface area contributed by atoms with Gasteiger partial charge >= 0.3 is 0 Å². The van der Waals surface area contributed by atoms with Crippen LogP contribution >= 0.6 is 0 Å². The van der Waals surface area contributed by atoms with Crippen molar-refractivity contribution in [3.63, 3.8) is 0 Å². The van der Waals surface area contributed by atoms with Crippen LogP contribution in [0.3, 0.4) is 0 Å². The molecule has 0 unspecified atom stereocenters. The molecule has 1 saturated carbocycles. The van der Waals surface area contributed by atoms with Crippen molar-refractivity contribution in [2.24, 2.45) is 5.92 Å². The molecule has 3 heteroatoms. The number of nitrogens with zero attached hydrogens (tertiary/aromatic N) is 1. The van der Waals surface area contributed by atoms with Gasteiger partial charge in [0.1, 0.15) is 0 Å². The largest absolute Gasteiger partial charge is 0.395 e. The van der Waals surface area contributed by atoms with Crippen molar-refractivity contribution in [1.29, 1.82) is 0 Å². The van der Waals surface area contributed by atoms with E-state index >= 15 is 0 Å². The van der Waals surface area contributed by atoms with Crippen LogP contribution in [-0.2, 0) is 5.60 Å². The van der Waals surface area contributed by atoms with E-state index in [1.54, 1.807) is 0 Å². The van der Waals surface area contributed by atoms with Gasteiger partial charge in [0.2, 0.25) is 0 Å². The predicted octanol–water partition coefficient (Wildman–Crippen LogP) is 2.38. The minimum Gasteiger partial charge on any atom is -0.395 e. The number of aliphatic hydroxyl groups excluding tert-OH is 1. The molecular weight excluding hydrogens is 274 g/mol. The van der Waals surface area contributed by atoms with E-state index < -0.39 is 5.60 Å². The van der Waals surface area contributed by atoms with Crippen LogP contribution in [0.25, 0.3) is 0 Å². The van der Waals surface area contributed by atoms with Gasteiger partial charge in [0.25, 0.3) is 0 Å². The van der Waals surface area contributed by atoms with Crippen LogP contribution in [0.4, 0.5) is 0 Å². The summed E-state index contributed by atoms with van der Waals surface area (Å²) in [4.78, 5) is 2.08. The molecule has 1 aliphatic carbocycles. The first-order valence-electron chi connectivity index (χ1n) is 8.32. The van der Waals surface area contributed by atoms with E-state index in [2.05, 4.69) is 23.7 Å². The Morgan fingerprint density at radius 1 is 1.23 bits per heavy atom. The van der Waals surface area contributed by atoms with Gasteiger partial charge in [0.15, 0.2) is 5.60 Å². The van der Waals surface area contributed by atoms with Crippen LogP contribution < -0.4 is 0 Å². The first-order chi connectivity index (χ1) is 10.7. The second-order valence-corrected chi connectivity index (χ2v) is 6.01. The van der Waals surface area contributed by atoms with Gasteiger partial charge in [-0.05, 0) is 24.9 Å². The zero-order valence-electron chi connectivity index (χ0n) is 13.5. The molecule has 0 aromatic heterocycles. The summed E-state index contributed by atoms with van der Waals surface area (Å²) in [6.45, 7) is 4.25. The van der Waals surface area contributed by atoms with Gasteiger partial charge in [0.05, 0.1) is 13.2 Å². The van der Waals surface area contributed by atoms with Gasteiger partial charge in [-0.25, -0.2) is 0 Å². The third kappa shape index (κ3) is 4.10. The first kappa shape index (κ1) is 17.0. The Balaban J connectivity index is 2.19. The Labute approximate surface area is 134 Å². The molecule has 1 aliphatic rings. The van der Waals surface area contributed by atoms with Crippen LogP contribution in [0.15, 0.2) is 30.3 Å². The smallest absolute Gasteiger partial charge is 0.153 e. The lowest BCUT2D eigenvalue weighted by atomic mass is 9.80. The highest BCUT2D eigenvalue weighted by molar-refractivity contribution is 5.33. The standard InChI is InChI=1S/C19H27NO2/c1-2-20(15-16-21)14-8-13-19(22,18-11-6-7-12-18)17-9-4-3-5-10-17/h3-5,9-10,18,21-22H,2,6-7,11-12,14-16H2,1H3/t19-/m1/s1. The molecule has 2 rings (SSSR count). The summed E-state index contributed by atoms with van der Waals surface area (Å²) in [6.07, 6.45) is 4.42. The lowest BCUT2D eigenvalue weighted by Crippen LogP contribution is -2.33. The highest BCUT2D eigenvalue weighted by Gasteiger charge is 2.38. The second-order valence-electron chi connectivity index (χ2n) is 6.01. The Hall–Kier alpha value is -1.34. The molecule has 3 nitrogen and oxygen atoms in total. The fraction of sp³-hybridized carbons (Fsp3) is 0.579. The zero-order valence-corrected chi connectivity index (χ0v) is 13.5. The van der Waals surface area contributed by atoms with Gasteiger partial charge in [-0.2, -0.15) is 0 Å². The highest BCUT2D eigenvalue weighted by atomic mass is 16.3. The van der Waals surface area contributed by atoms with Crippen molar-refractivity contribution in [2.45, 2.75) is 38.2 Å². The summed E-state index contributed by atoms with van der Waals surface area (Å²) in [7, 11) is 0. The van der Waals surface area contributed by atoms with Crippen molar-refractivity contribution in [2.75, 3.05) is 26.2 Å². The molecule has 1 atom stereocenters. The molecule has 0 amide bonds. The minimum absolute atomic E-state index is 0.140. The molecule has 1 fully saturated rings. The fourth-order valence-electron chi connectivity index (χ4n) is 3.22. The van der Waals surface area contributed by atoms with Crippen LogP contribution in [0, 0.1) is 17.8 Å². The quantitative estimate of drug-likeness (QED) is 0.793. The van der Waals surface area contributed by atoms with Crippen LogP contribution in [0.5, 0.6) is 0 Å². The van der Waals surface area contributed by atoms with E-state index in [1.165, 1.54) is 12.8 Å². The van der Waals surface area contributed by atoms with Crippen molar-refractivity contribution >= 4 is 0 Å². The normalized spacial score (nSPS) is 18.0. The van der Waals surface area contributed by atoms with Gasteiger partial charge in [-0.15, -0.1) is 0 Å². The number of hydrogen-bond donors (Lipinski definition) is 2. The number of likely N-dealkylation sites (N-methyl/N-ethyl adjacent to an activating group) is 1. The van der Waals surface area contributed by atoms with E-state index in [9.17, 15) is 5.11 Å². The van der Waals surface area contributed by atoms with E-state index in [4.69, 9.17) is 5.11 Å². The molecule has 0 aliphatic heterocycles. The molecular formula is C19H27NO2. The van der Waals surface area contributed by atoms with Gasteiger partial charge in [-0.3, -0.25) is 4.90 Å². The maximum Gasteiger partial charge on any atom is 0.153 e. The molecule has 0 heterocycles. The average Bonchev–Trinajstić information content (AvgIpc) is 3.09. The van der Waals surface area contributed by atoms with Crippen LogP contribution in [-0.4, -0.2) is 41.4 Å². The molecule has 2 N–H and O–H groups in total. The number of rotatable bonds is 6. The Morgan fingerprint density at radius 2 is 1.91 bits per heavy atom. The van der Waals surface area contributed by atoms with Crippen molar-refractivity contribution in [1.82, 2.24) is 4.90 Å². The van der Waals surface area contributed by atoms with Gasteiger partial charge < -0.3 is 10.2 Å². The fourth-order valence-corrected chi connectivity index (χ4v) is 3.22. The highest BCUT2D eigenvalue weighted by Crippen LogP contribution is 2.40. The molecule has 0 saturated heterocycles.